The molecule has 2 N–H and O–H groups in total. The molecule has 0 heterocycles. The maximum absolute atomic E-state index is 12.9. The van der Waals surface area contributed by atoms with Crippen molar-refractivity contribution >= 4 is 5.97 Å². The second kappa shape index (κ2) is 4.00. The highest BCUT2D eigenvalue weighted by Crippen LogP contribution is 2.08. The first kappa shape index (κ1) is 9.67. The third-order valence-corrected chi connectivity index (χ3v) is 1.66. The van der Waals surface area contributed by atoms with Crippen molar-refractivity contribution in [2.24, 2.45) is 0 Å². The van der Waals surface area contributed by atoms with E-state index in [1.165, 1.54) is 18.2 Å². The van der Waals surface area contributed by atoms with Crippen LogP contribution in [0.3, 0.4) is 0 Å². The van der Waals surface area contributed by atoms with Gasteiger partial charge in [-0.1, -0.05) is 18.2 Å². The summed E-state index contributed by atoms with van der Waals surface area (Å²) >= 11 is 0. The van der Waals surface area contributed by atoms with Crippen LogP contribution in [0.5, 0.6) is 0 Å². The third-order valence-electron chi connectivity index (χ3n) is 1.66. The average molecular weight is 184 g/mol. The second-order valence-electron chi connectivity index (χ2n) is 2.65. The molecule has 13 heavy (non-hydrogen) atoms. The average Bonchev–Trinajstić information content (AvgIpc) is 2.08. The van der Waals surface area contributed by atoms with Gasteiger partial charge in [0.25, 0.3) is 0 Å². The van der Waals surface area contributed by atoms with E-state index < -0.39 is 17.9 Å². The van der Waals surface area contributed by atoms with Gasteiger partial charge in [0.2, 0.25) is 0 Å². The SMILES string of the molecule is O=C(O)[C@@H](O)Cc1ccccc1F. The van der Waals surface area contributed by atoms with Crippen LogP contribution < -0.4 is 0 Å². The molecule has 0 spiro atoms. The number of aliphatic hydroxyl groups excluding tert-OH is 1. The molecule has 1 aromatic carbocycles. The molecule has 0 saturated carbocycles. The van der Waals surface area contributed by atoms with E-state index in [4.69, 9.17) is 10.2 Å². The molecule has 0 aliphatic heterocycles. The van der Waals surface area contributed by atoms with Crippen molar-refractivity contribution in [3.05, 3.63) is 35.6 Å². The molecule has 0 radical (unpaired) electrons. The summed E-state index contributed by atoms with van der Waals surface area (Å²) in [5.41, 5.74) is 0.206. The van der Waals surface area contributed by atoms with Crippen molar-refractivity contribution < 1.29 is 19.4 Å². The maximum atomic E-state index is 12.9. The summed E-state index contributed by atoms with van der Waals surface area (Å²) in [5.74, 6) is -1.84. The number of aliphatic carboxylic acids is 1. The van der Waals surface area contributed by atoms with Crippen LogP contribution in [-0.2, 0) is 11.2 Å². The van der Waals surface area contributed by atoms with Gasteiger partial charge >= 0.3 is 5.97 Å². The van der Waals surface area contributed by atoms with E-state index >= 15 is 0 Å². The van der Waals surface area contributed by atoms with Crippen LogP contribution in [0.15, 0.2) is 24.3 Å². The predicted molar refractivity (Wildman–Crippen MR) is 43.7 cm³/mol. The highest BCUT2D eigenvalue weighted by molar-refractivity contribution is 5.72. The number of aliphatic hydroxyl groups is 1. The van der Waals surface area contributed by atoms with Gasteiger partial charge in [-0.25, -0.2) is 9.18 Å². The lowest BCUT2D eigenvalue weighted by molar-refractivity contribution is -0.146. The van der Waals surface area contributed by atoms with E-state index in [0.29, 0.717) is 0 Å². The van der Waals surface area contributed by atoms with E-state index in [1.54, 1.807) is 6.07 Å². The molecule has 1 atom stereocenters. The molecule has 1 rings (SSSR count). The van der Waals surface area contributed by atoms with Gasteiger partial charge in [0.1, 0.15) is 5.82 Å². The molecular formula is C9H9FO3. The van der Waals surface area contributed by atoms with Gasteiger partial charge in [-0.15, -0.1) is 0 Å². The Morgan fingerprint density at radius 3 is 2.62 bits per heavy atom. The fraction of sp³-hybridized carbons (Fsp3) is 0.222. The minimum Gasteiger partial charge on any atom is -0.479 e. The zero-order valence-electron chi connectivity index (χ0n) is 6.77. The molecule has 0 amide bonds. The summed E-state index contributed by atoms with van der Waals surface area (Å²) in [6, 6.07) is 5.77. The molecule has 0 saturated heterocycles. The van der Waals surface area contributed by atoms with Crippen LogP contribution in [0.2, 0.25) is 0 Å². The molecule has 0 aliphatic rings. The molecule has 1 aromatic rings. The molecule has 0 fully saturated rings. The molecule has 0 aromatic heterocycles. The molecular weight excluding hydrogens is 175 g/mol. The lowest BCUT2D eigenvalue weighted by Gasteiger charge is -2.05. The first-order valence-electron chi connectivity index (χ1n) is 3.75. The number of carboxylic acids is 1. The van der Waals surface area contributed by atoms with Crippen molar-refractivity contribution in [3.8, 4) is 0 Å². The summed E-state index contributed by atoms with van der Waals surface area (Å²) in [6.07, 6.45) is -1.75. The Morgan fingerprint density at radius 2 is 2.08 bits per heavy atom. The molecule has 70 valence electrons. The second-order valence-corrected chi connectivity index (χ2v) is 2.65. The highest BCUT2D eigenvalue weighted by Gasteiger charge is 2.15. The zero-order chi connectivity index (χ0) is 9.84. The Bertz CT molecular complexity index is 311. The number of hydrogen-bond acceptors (Lipinski definition) is 2. The summed E-state index contributed by atoms with van der Waals surface area (Å²) in [6.45, 7) is 0. The predicted octanol–water partition coefficient (Wildman–Crippen LogP) is 0.814. The molecule has 4 heteroatoms. The molecule has 3 nitrogen and oxygen atoms in total. The van der Waals surface area contributed by atoms with E-state index in [0.717, 1.165) is 0 Å². The molecule has 0 unspecified atom stereocenters. The minimum absolute atomic E-state index is 0.206. The Labute approximate surface area is 74.4 Å². The van der Waals surface area contributed by atoms with Crippen molar-refractivity contribution in [3.63, 3.8) is 0 Å². The third kappa shape index (κ3) is 2.52. The first-order valence-corrected chi connectivity index (χ1v) is 3.75. The van der Waals surface area contributed by atoms with Crippen molar-refractivity contribution in [2.45, 2.75) is 12.5 Å². The molecule has 0 bridgehead atoms. The van der Waals surface area contributed by atoms with Gasteiger partial charge < -0.3 is 10.2 Å². The van der Waals surface area contributed by atoms with Gasteiger partial charge in [-0.05, 0) is 11.6 Å². The normalized spacial score (nSPS) is 12.5. The van der Waals surface area contributed by atoms with Crippen LogP contribution in [0.25, 0.3) is 0 Å². The summed E-state index contributed by atoms with van der Waals surface area (Å²) in [7, 11) is 0. The number of hydrogen-bond donors (Lipinski definition) is 2. The number of carboxylic acid groups (broad SMARTS) is 1. The molecule has 0 aliphatic carbocycles. The van der Waals surface area contributed by atoms with Gasteiger partial charge in [0, 0.05) is 6.42 Å². The van der Waals surface area contributed by atoms with E-state index in [1.807, 2.05) is 0 Å². The summed E-state index contributed by atoms with van der Waals surface area (Å²) in [5, 5.41) is 17.3. The first-order chi connectivity index (χ1) is 6.11. The van der Waals surface area contributed by atoms with E-state index in [2.05, 4.69) is 0 Å². The van der Waals surface area contributed by atoms with Gasteiger partial charge in [0.05, 0.1) is 0 Å². The lowest BCUT2D eigenvalue weighted by atomic mass is 10.1. The fourth-order valence-corrected chi connectivity index (χ4v) is 0.960. The van der Waals surface area contributed by atoms with Crippen LogP contribution in [0.4, 0.5) is 4.39 Å². The highest BCUT2D eigenvalue weighted by atomic mass is 19.1. The van der Waals surface area contributed by atoms with Crippen LogP contribution >= 0.6 is 0 Å². The Balaban J connectivity index is 2.74. The van der Waals surface area contributed by atoms with Crippen molar-refractivity contribution in [1.29, 1.82) is 0 Å². The standard InChI is InChI=1S/C9H9FO3/c10-7-4-2-1-3-6(7)5-8(11)9(12)13/h1-4,8,11H,5H2,(H,12,13)/t8-/m0/s1. The topological polar surface area (TPSA) is 57.5 Å². The Morgan fingerprint density at radius 1 is 1.46 bits per heavy atom. The maximum Gasteiger partial charge on any atom is 0.332 e. The Hall–Kier alpha value is -1.42. The van der Waals surface area contributed by atoms with Crippen molar-refractivity contribution in [2.75, 3.05) is 0 Å². The van der Waals surface area contributed by atoms with Crippen LogP contribution in [-0.4, -0.2) is 22.3 Å². The summed E-state index contributed by atoms with van der Waals surface area (Å²) in [4.78, 5) is 10.2. The lowest BCUT2D eigenvalue weighted by Crippen LogP contribution is -2.22. The number of benzene rings is 1. The van der Waals surface area contributed by atoms with Crippen LogP contribution in [0.1, 0.15) is 5.56 Å². The number of carbonyl (C=O) groups is 1. The number of rotatable bonds is 3. The van der Waals surface area contributed by atoms with Crippen LogP contribution in [0, 0.1) is 5.82 Å². The van der Waals surface area contributed by atoms with Crippen molar-refractivity contribution in [1.82, 2.24) is 0 Å². The largest absolute Gasteiger partial charge is 0.479 e. The van der Waals surface area contributed by atoms with Gasteiger partial charge in [-0.3, -0.25) is 0 Å². The number of halogens is 1. The Kier molecular flexibility index (Phi) is 2.97. The minimum atomic E-state index is -1.54. The van der Waals surface area contributed by atoms with E-state index in [-0.39, 0.29) is 12.0 Å². The monoisotopic (exact) mass is 184 g/mol. The summed E-state index contributed by atoms with van der Waals surface area (Å²) < 4.78 is 12.9. The van der Waals surface area contributed by atoms with Gasteiger partial charge in [0.15, 0.2) is 6.10 Å². The quantitative estimate of drug-likeness (QED) is 0.730. The van der Waals surface area contributed by atoms with Gasteiger partial charge in [-0.2, -0.15) is 0 Å². The fourth-order valence-electron chi connectivity index (χ4n) is 0.960. The smallest absolute Gasteiger partial charge is 0.332 e. The zero-order valence-corrected chi connectivity index (χ0v) is 6.77. The van der Waals surface area contributed by atoms with E-state index in [9.17, 15) is 9.18 Å².